The number of imidazole rings is 1. The maximum Gasteiger partial charge on any atom is 0.354 e. The van der Waals surface area contributed by atoms with Gasteiger partial charge < -0.3 is 14.4 Å². The predicted octanol–water partition coefficient (Wildman–Crippen LogP) is 5.29. The highest BCUT2D eigenvalue weighted by atomic mass is 35.5. The molecule has 36 heavy (non-hydrogen) atoms. The van der Waals surface area contributed by atoms with Gasteiger partial charge in [0, 0.05) is 37.2 Å². The molecule has 0 radical (unpaired) electrons. The molecule has 1 aliphatic rings. The van der Waals surface area contributed by atoms with E-state index in [1.54, 1.807) is 6.20 Å². The smallest absolute Gasteiger partial charge is 0.354 e. The van der Waals surface area contributed by atoms with Gasteiger partial charge in [-0.1, -0.05) is 30.3 Å². The van der Waals surface area contributed by atoms with Crippen LogP contribution < -0.4 is 4.74 Å². The van der Waals surface area contributed by atoms with Crippen LogP contribution in [-0.4, -0.2) is 42.4 Å². The summed E-state index contributed by atoms with van der Waals surface area (Å²) in [7, 11) is 1.88. The second-order valence-electron chi connectivity index (χ2n) is 9.08. The predicted molar refractivity (Wildman–Crippen MR) is 139 cm³/mol. The van der Waals surface area contributed by atoms with Gasteiger partial charge in [-0.05, 0) is 62.3 Å². The number of benzene rings is 1. The lowest BCUT2D eigenvalue weighted by atomic mass is 9.85. The zero-order valence-corrected chi connectivity index (χ0v) is 21.3. The van der Waals surface area contributed by atoms with Crippen LogP contribution in [0.2, 0.25) is 5.02 Å². The number of nitrogens with zero attached hydrogens (tertiary/aromatic N) is 5. The third-order valence-corrected chi connectivity index (χ3v) is 6.72. The number of rotatable bonds is 9. The van der Waals surface area contributed by atoms with Crippen LogP contribution >= 0.6 is 11.6 Å². The zero-order chi connectivity index (χ0) is 25.7. The summed E-state index contributed by atoms with van der Waals surface area (Å²) in [6, 6.07) is 9.49. The Hall–Kier alpha value is -3.52. The highest BCUT2D eigenvalue weighted by Gasteiger charge is 2.25. The maximum atomic E-state index is 11.3. The van der Waals surface area contributed by atoms with Crippen LogP contribution in [0.15, 0.2) is 54.2 Å². The van der Waals surface area contributed by atoms with E-state index < -0.39 is 5.97 Å². The molecular weight excluding hydrogens is 478 g/mol. The van der Waals surface area contributed by atoms with Gasteiger partial charge in [0.1, 0.15) is 23.5 Å². The van der Waals surface area contributed by atoms with Crippen LogP contribution in [-0.2, 0) is 24.7 Å². The summed E-state index contributed by atoms with van der Waals surface area (Å²) in [4.78, 5) is 29.2. The Kier molecular flexibility index (Phi) is 8.15. The van der Waals surface area contributed by atoms with E-state index in [9.17, 15) is 9.90 Å². The van der Waals surface area contributed by atoms with Crippen molar-refractivity contribution in [2.75, 3.05) is 0 Å². The molecule has 2 aromatic heterocycles. The number of aliphatic carboxylic acids is 1. The molecule has 1 N–H and O–H groups in total. The van der Waals surface area contributed by atoms with Crippen molar-refractivity contribution in [2.24, 2.45) is 18.0 Å². The fourth-order valence-electron chi connectivity index (χ4n) is 4.52. The number of halogens is 1. The Morgan fingerprint density at radius 3 is 2.61 bits per heavy atom. The molecule has 0 spiro atoms. The number of ether oxygens (including phenoxy) is 1. The van der Waals surface area contributed by atoms with Gasteiger partial charge in [-0.2, -0.15) is 4.98 Å². The SMILES string of the molecule is C=C/C(=N\c1c(C)nc(CC2CCC(Oc3ccnc(Cc4ccc(Cl)cc4)n3)CC2)n1C)C(=O)O. The van der Waals surface area contributed by atoms with Crippen molar-refractivity contribution in [3.8, 4) is 5.88 Å². The topological polar surface area (TPSA) is 102 Å². The lowest BCUT2D eigenvalue weighted by Gasteiger charge is -2.28. The molecule has 0 saturated heterocycles. The molecule has 4 rings (SSSR count). The van der Waals surface area contributed by atoms with Crippen LogP contribution in [0.3, 0.4) is 0 Å². The lowest BCUT2D eigenvalue weighted by molar-refractivity contribution is -0.129. The minimum absolute atomic E-state index is 0.0913. The van der Waals surface area contributed by atoms with Crippen LogP contribution in [0.4, 0.5) is 5.82 Å². The average Bonchev–Trinajstić information content (AvgIpc) is 3.12. The lowest BCUT2D eigenvalue weighted by Crippen LogP contribution is -2.26. The molecule has 1 aliphatic carbocycles. The molecule has 188 valence electrons. The minimum Gasteiger partial charge on any atom is -0.477 e. The van der Waals surface area contributed by atoms with E-state index in [0.29, 0.717) is 34.8 Å². The van der Waals surface area contributed by atoms with Crippen molar-refractivity contribution >= 4 is 29.1 Å². The van der Waals surface area contributed by atoms with Gasteiger partial charge in [0.2, 0.25) is 5.88 Å². The fraction of sp³-hybridized carbons (Fsp3) is 0.370. The number of aryl methyl sites for hydroxylation is 1. The molecule has 1 aromatic carbocycles. The summed E-state index contributed by atoms with van der Waals surface area (Å²) >= 11 is 5.97. The Labute approximate surface area is 215 Å². The summed E-state index contributed by atoms with van der Waals surface area (Å²) in [5.41, 5.74) is 1.72. The van der Waals surface area contributed by atoms with Crippen molar-refractivity contribution in [3.63, 3.8) is 0 Å². The average molecular weight is 508 g/mol. The van der Waals surface area contributed by atoms with Crippen LogP contribution in [0, 0.1) is 12.8 Å². The standard InChI is InChI=1S/C27H30ClN5O3/c1-4-22(27(34)35)31-26-17(2)30-24(33(26)3)16-19-7-11-21(12-8-19)36-25-13-14-29-23(32-25)15-18-5-9-20(28)10-6-18/h4-6,9-10,13-14,19,21H,1,7-8,11-12,15-16H2,2-3H3,(H,34,35)/b31-22+. The molecule has 1 fully saturated rings. The first-order valence-corrected chi connectivity index (χ1v) is 12.4. The number of aromatic nitrogens is 4. The van der Waals surface area contributed by atoms with Gasteiger partial charge in [-0.15, -0.1) is 0 Å². The van der Waals surface area contributed by atoms with Crippen molar-refractivity contribution in [2.45, 2.75) is 51.6 Å². The largest absolute Gasteiger partial charge is 0.477 e. The van der Waals surface area contributed by atoms with Gasteiger partial charge in [-0.3, -0.25) is 0 Å². The van der Waals surface area contributed by atoms with Crippen molar-refractivity contribution < 1.29 is 14.6 Å². The Morgan fingerprint density at radius 2 is 1.94 bits per heavy atom. The quantitative estimate of drug-likeness (QED) is 0.395. The molecule has 0 amide bonds. The number of hydrogen-bond acceptors (Lipinski definition) is 6. The first-order chi connectivity index (χ1) is 17.3. The Bertz CT molecular complexity index is 1260. The molecule has 9 heteroatoms. The molecule has 0 aliphatic heterocycles. The van der Waals surface area contributed by atoms with Crippen molar-refractivity contribution in [1.29, 1.82) is 0 Å². The summed E-state index contributed by atoms with van der Waals surface area (Å²) in [6.07, 6.45) is 8.46. The third-order valence-electron chi connectivity index (χ3n) is 6.47. The van der Waals surface area contributed by atoms with E-state index in [0.717, 1.165) is 49.3 Å². The minimum atomic E-state index is -1.11. The molecule has 3 aromatic rings. The number of carbonyl (C=O) groups is 1. The summed E-state index contributed by atoms with van der Waals surface area (Å²) < 4.78 is 8.08. The Morgan fingerprint density at radius 1 is 1.22 bits per heavy atom. The van der Waals surface area contributed by atoms with Crippen molar-refractivity contribution in [3.05, 3.63) is 77.1 Å². The number of hydrogen-bond donors (Lipinski definition) is 1. The summed E-state index contributed by atoms with van der Waals surface area (Å²) in [5.74, 6) is 2.16. The van der Waals surface area contributed by atoms with Crippen LogP contribution in [0.25, 0.3) is 0 Å². The van der Waals surface area contributed by atoms with Gasteiger partial charge in [0.15, 0.2) is 5.82 Å². The van der Waals surface area contributed by atoms with Gasteiger partial charge in [0.25, 0.3) is 0 Å². The molecule has 2 heterocycles. The second-order valence-corrected chi connectivity index (χ2v) is 9.52. The van der Waals surface area contributed by atoms with E-state index in [1.807, 2.05) is 48.9 Å². The first kappa shape index (κ1) is 25.6. The monoisotopic (exact) mass is 507 g/mol. The van der Waals surface area contributed by atoms with E-state index >= 15 is 0 Å². The van der Waals surface area contributed by atoms with Crippen LogP contribution in [0.1, 0.15) is 48.6 Å². The summed E-state index contributed by atoms with van der Waals surface area (Å²) in [5, 5.41) is 9.96. The van der Waals surface area contributed by atoms with E-state index in [1.165, 1.54) is 6.08 Å². The zero-order valence-electron chi connectivity index (χ0n) is 20.5. The van der Waals surface area contributed by atoms with E-state index in [-0.39, 0.29) is 11.8 Å². The maximum absolute atomic E-state index is 11.3. The van der Waals surface area contributed by atoms with Crippen LogP contribution in [0.5, 0.6) is 5.88 Å². The highest BCUT2D eigenvalue weighted by Crippen LogP contribution is 2.31. The van der Waals surface area contributed by atoms with Gasteiger partial charge in [-0.25, -0.2) is 19.8 Å². The molecule has 0 bridgehead atoms. The fourth-order valence-corrected chi connectivity index (χ4v) is 4.64. The second kappa shape index (κ2) is 11.5. The molecule has 1 saturated carbocycles. The summed E-state index contributed by atoms with van der Waals surface area (Å²) in [6.45, 7) is 5.38. The highest BCUT2D eigenvalue weighted by molar-refractivity contribution is 6.40. The first-order valence-electron chi connectivity index (χ1n) is 12.0. The Balaban J connectivity index is 1.33. The molecule has 0 atom stereocenters. The molecular formula is C27H30ClN5O3. The number of aliphatic imine (C=N–C) groups is 1. The number of carboxylic acids is 1. The van der Waals surface area contributed by atoms with E-state index in [2.05, 4.69) is 26.5 Å². The van der Waals surface area contributed by atoms with Crippen molar-refractivity contribution in [1.82, 2.24) is 19.5 Å². The molecule has 0 unspecified atom stereocenters. The normalized spacial score (nSPS) is 18.1. The number of carboxylic acid groups (broad SMARTS) is 1. The molecule has 8 nitrogen and oxygen atoms in total. The third kappa shape index (κ3) is 6.37. The van der Waals surface area contributed by atoms with E-state index in [4.69, 9.17) is 16.3 Å². The van der Waals surface area contributed by atoms with Gasteiger partial charge >= 0.3 is 5.97 Å². The van der Waals surface area contributed by atoms with Gasteiger partial charge in [0.05, 0.1) is 5.69 Å².